The maximum Gasteiger partial charge on any atom is 0.272 e. The van der Waals surface area contributed by atoms with Crippen molar-refractivity contribution in [3.05, 3.63) is 30.6 Å². The van der Waals surface area contributed by atoms with Gasteiger partial charge in [-0.05, 0) is 6.07 Å². The van der Waals surface area contributed by atoms with Crippen LogP contribution >= 0.6 is 0 Å². The zero-order chi connectivity index (χ0) is 10.5. The van der Waals surface area contributed by atoms with E-state index in [1.54, 1.807) is 0 Å². The first-order valence-corrected chi connectivity index (χ1v) is 4.86. The summed E-state index contributed by atoms with van der Waals surface area (Å²) < 4.78 is 1.43. The summed E-state index contributed by atoms with van der Waals surface area (Å²) in [6.07, 6.45) is 1.44. The van der Waals surface area contributed by atoms with E-state index in [-0.39, 0.29) is 0 Å². The lowest BCUT2D eigenvalue weighted by molar-refractivity contribution is 0.807. The third kappa shape index (κ3) is 0.855. The van der Waals surface area contributed by atoms with Crippen LogP contribution in [0.3, 0.4) is 0 Å². The zero-order valence-electron chi connectivity index (χ0n) is 8.12. The highest BCUT2D eigenvalue weighted by atomic mass is 15.5. The molecule has 3 aromatic heterocycles. The fourth-order valence-electron chi connectivity index (χ4n) is 1.86. The van der Waals surface area contributed by atoms with Crippen LogP contribution in [0.15, 0.2) is 30.6 Å². The van der Waals surface area contributed by atoms with Crippen molar-refractivity contribution in [2.24, 2.45) is 0 Å². The van der Waals surface area contributed by atoms with Crippen LogP contribution in [0.4, 0.5) is 0 Å². The predicted molar refractivity (Wildman–Crippen MR) is 57.9 cm³/mol. The fourth-order valence-corrected chi connectivity index (χ4v) is 1.86. The van der Waals surface area contributed by atoms with Gasteiger partial charge in [-0.1, -0.05) is 18.2 Å². The minimum atomic E-state index is 0.499. The quantitative estimate of drug-likeness (QED) is 0.472. The smallest absolute Gasteiger partial charge is 0.272 e. The van der Waals surface area contributed by atoms with Gasteiger partial charge in [0.15, 0.2) is 5.65 Å². The van der Waals surface area contributed by atoms with Gasteiger partial charge in [-0.15, -0.1) is 14.8 Å². The molecule has 4 rings (SSSR count). The number of rotatable bonds is 0. The van der Waals surface area contributed by atoms with Gasteiger partial charge in [0, 0.05) is 10.9 Å². The van der Waals surface area contributed by atoms with E-state index in [9.17, 15) is 0 Å². The first kappa shape index (κ1) is 7.75. The van der Waals surface area contributed by atoms with E-state index in [0.29, 0.717) is 5.78 Å². The molecule has 0 amide bonds. The lowest BCUT2D eigenvalue weighted by atomic mass is 10.2. The Morgan fingerprint density at radius 1 is 1.19 bits per heavy atom. The molecule has 0 aliphatic carbocycles. The molecule has 76 valence electrons. The van der Waals surface area contributed by atoms with Crippen molar-refractivity contribution in [2.75, 3.05) is 0 Å². The molecule has 0 unspecified atom stereocenters. The van der Waals surface area contributed by atoms with Crippen LogP contribution in [0.25, 0.3) is 27.8 Å². The number of nitrogens with zero attached hydrogens (tertiary/aromatic N) is 5. The number of aromatic nitrogens is 6. The molecule has 0 radical (unpaired) electrons. The van der Waals surface area contributed by atoms with E-state index >= 15 is 0 Å². The van der Waals surface area contributed by atoms with Crippen LogP contribution in [0.1, 0.15) is 0 Å². The molecule has 1 aromatic carbocycles. The average Bonchev–Trinajstić information content (AvgIpc) is 2.88. The number of para-hydroxylation sites is 1. The molecule has 0 fully saturated rings. The summed E-state index contributed by atoms with van der Waals surface area (Å²) in [7, 11) is 0. The Kier molecular flexibility index (Phi) is 1.23. The van der Waals surface area contributed by atoms with Gasteiger partial charge >= 0.3 is 0 Å². The molecule has 6 nitrogen and oxygen atoms in total. The van der Waals surface area contributed by atoms with Crippen molar-refractivity contribution in [2.45, 2.75) is 0 Å². The zero-order valence-corrected chi connectivity index (χ0v) is 8.12. The molecule has 4 aromatic rings. The first-order valence-electron chi connectivity index (χ1n) is 4.86. The standard InChI is InChI=1S/C10H6N6/c1-2-4-7-6(3-1)8-9(13-7)14-10-11-5-12-16(10)15-8/h1-5H,(H,11,12,13,14). The maximum atomic E-state index is 4.38. The van der Waals surface area contributed by atoms with Crippen molar-refractivity contribution in [3.8, 4) is 0 Å². The molecule has 0 atom stereocenters. The highest BCUT2D eigenvalue weighted by Crippen LogP contribution is 2.21. The van der Waals surface area contributed by atoms with Gasteiger partial charge < -0.3 is 4.98 Å². The van der Waals surface area contributed by atoms with Crippen molar-refractivity contribution in [3.63, 3.8) is 0 Å². The van der Waals surface area contributed by atoms with Gasteiger partial charge in [-0.2, -0.15) is 9.97 Å². The van der Waals surface area contributed by atoms with E-state index in [1.165, 1.54) is 11.0 Å². The Balaban J connectivity index is 2.32. The van der Waals surface area contributed by atoms with E-state index in [0.717, 1.165) is 22.1 Å². The fraction of sp³-hybridized carbons (Fsp3) is 0. The number of fused-ring (bicyclic) bond motifs is 4. The first-order chi connectivity index (χ1) is 7.92. The number of aromatic amines is 1. The number of H-pyrrole nitrogens is 1. The van der Waals surface area contributed by atoms with Crippen molar-refractivity contribution >= 4 is 27.8 Å². The van der Waals surface area contributed by atoms with Crippen LogP contribution in [0.5, 0.6) is 0 Å². The lowest BCUT2D eigenvalue weighted by Gasteiger charge is -1.90. The lowest BCUT2D eigenvalue weighted by Crippen LogP contribution is -1.96. The summed E-state index contributed by atoms with van der Waals surface area (Å²) >= 11 is 0. The van der Waals surface area contributed by atoms with Crippen LogP contribution in [0, 0.1) is 0 Å². The number of hydrogen-bond donors (Lipinski definition) is 1. The van der Waals surface area contributed by atoms with Gasteiger partial charge in [-0.3, -0.25) is 0 Å². The summed E-state index contributed by atoms with van der Waals surface area (Å²) in [4.78, 5) is 11.5. The van der Waals surface area contributed by atoms with Crippen LogP contribution in [0.2, 0.25) is 0 Å². The molecular weight excluding hydrogens is 204 g/mol. The maximum absolute atomic E-state index is 4.38. The summed E-state index contributed by atoms with van der Waals surface area (Å²) in [5.41, 5.74) is 2.57. The molecule has 1 N–H and O–H groups in total. The highest BCUT2D eigenvalue weighted by molar-refractivity contribution is 6.03. The minimum Gasteiger partial charge on any atom is -0.338 e. The summed E-state index contributed by atoms with van der Waals surface area (Å²) in [6, 6.07) is 7.95. The number of nitrogens with one attached hydrogen (secondary N) is 1. The van der Waals surface area contributed by atoms with E-state index in [4.69, 9.17) is 0 Å². The molecular formula is C10H6N6. The summed E-state index contributed by atoms with van der Waals surface area (Å²) in [5.74, 6) is 0.499. The molecule has 0 saturated heterocycles. The Morgan fingerprint density at radius 3 is 3.12 bits per heavy atom. The van der Waals surface area contributed by atoms with Crippen LogP contribution in [-0.4, -0.2) is 29.8 Å². The van der Waals surface area contributed by atoms with Gasteiger partial charge in [-0.25, -0.2) is 0 Å². The average molecular weight is 210 g/mol. The monoisotopic (exact) mass is 210 g/mol. The van der Waals surface area contributed by atoms with Gasteiger partial charge in [0.1, 0.15) is 11.8 Å². The molecule has 0 aliphatic rings. The van der Waals surface area contributed by atoms with Gasteiger partial charge in [0.2, 0.25) is 0 Å². The molecule has 6 heteroatoms. The third-order valence-electron chi connectivity index (χ3n) is 2.58. The van der Waals surface area contributed by atoms with E-state index in [1.807, 2.05) is 24.3 Å². The molecule has 0 aliphatic heterocycles. The Bertz CT molecular complexity index is 812. The van der Waals surface area contributed by atoms with E-state index in [2.05, 4.69) is 25.1 Å². The Morgan fingerprint density at radius 2 is 2.12 bits per heavy atom. The molecule has 0 bridgehead atoms. The topological polar surface area (TPSA) is 71.8 Å². The molecule has 0 saturated carbocycles. The van der Waals surface area contributed by atoms with Crippen molar-refractivity contribution in [1.82, 2.24) is 29.8 Å². The highest BCUT2D eigenvalue weighted by Gasteiger charge is 2.08. The summed E-state index contributed by atoms with van der Waals surface area (Å²) in [6.45, 7) is 0. The van der Waals surface area contributed by atoms with Gasteiger partial charge in [0.25, 0.3) is 5.78 Å². The SMILES string of the molecule is c1ccc2c(c1)[nH]c1nc3ncnn3nc12. The van der Waals surface area contributed by atoms with Crippen molar-refractivity contribution in [1.29, 1.82) is 0 Å². The second kappa shape index (κ2) is 2.54. The Labute approximate surface area is 88.9 Å². The van der Waals surface area contributed by atoms with E-state index < -0.39 is 0 Å². The largest absolute Gasteiger partial charge is 0.338 e. The Hall–Kier alpha value is -2.50. The van der Waals surface area contributed by atoms with Crippen molar-refractivity contribution < 1.29 is 0 Å². The minimum absolute atomic E-state index is 0.499. The normalized spacial score (nSPS) is 11.8. The third-order valence-corrected chi connectivity index (χ3v) is 2.58. The van der Waals surface area contributed by atoms with Crippen LogP contribution < -0.4 is 0 Å². The van der Waals surface area contributed by atoms with Gasteiger partial charge in [0.05, 0.1) is 0 Å². The number of hydrogen-bond acceptors (Lipinski definition) is 4. The predicted octanol–water partition coefficient (Wildman–Crippen LogP) is 1.15. The summed E-state index contributed by atoms with van der Waals surface area (Å²) in [5, 5.41) is 9.39. The molecule has 3 heterocycles. The molecule has 0 spiro atoms. The number of benzene rings is 1. The molecule has 16 heavy (non-hydrogen) atoms. The second-order valence-corrected chi connectivity index (χ2v) is 3.53. The van der Waals surface area contributed by atoms with Crippen LogP contribution in [-0.2, 0) is 0 Å². The second-order valence-electron chi connectivity index (χ2n) is 3.53.